The number of hydrogen-bond acceptors (Lipinski definition) is 2. The molecular formula is C23H31FN2O. The minimum Gasteiger partial charge on any atom is -0.343 e. The molecule has 0 saturated heterocycles. The van der Waals surface area contributed by atoms with Gasteiger partial charge in [0.1, 0.15) is 6.17 Å². The number of halogens is 1. The van der Waals surface area contributed by atoms with E-state index in [2.05, 4.69) is 31.1 Å². The summed E-state index contributed by atoms with van der Waals surface area (Å²) in [4.78, 5) is 17.3. The molecule has 2 rings (SSSR count). The zero-order valence-corrected chi connectivity index (χ0v) is 17.0. The first-order chi connectivity index (χ1) is 12.8. The van der Waals surface area contributed by atoms with Crippen LogP contribution in [0.25, 0.3) is 0 Å². The molecule has 2 aromatic rings. The van der Waals surface area contributed by atoms with Crippen LogP contribution in [0.4, 0.5) is 4.39 Å². The molecular weight excluding hydrogens is 339 g/mol. The van der Waals surface area contributed by atoms with Crippen LogP contribution < -0.4 is 5.32 Å². The molecule has 0 aliphatic carbocycles. The Kier molecular flexibility index (Phi) is 7.52. The Bertz CT molecular complexity index is 745. The zero-order valence-electron chi connectivity index (χ0n) is 17.0. The number of carbonyl (C=O) groups excluding carboxylic acids is 1. The SMILES string of the molecule is CC[C@H](F)C[C@H](C)C(=O)N[C@@H](c1ccccc1)c1cc(C)c(C(C)C)cn1. The Balaban J connectivity index is 2.30. The van der Waals surface area contributed by atoms with E-state index in [1.165, 1.54) is 5.56 Å². The first-order valence-electron chi connectivity index (χ1n) is 9.79. The van der Waals surface area contributed by atoms with Gasteiger partial charge in [-0.1, -0.05) is 58.0 Å². The van der Waals surface area contributed by atoms with E-state index < -0.39 is 6.17 Å². The molecule has 146 valence electrons. The lowest BCUT2D eigenvalue weighted by Crippen LogP contribution is -2.35. The third kappa shape index (κ3) is 5.62. The summed E-state index contributed by atoms with van der Waals surface area (Å²) in [6, 6.07) is 11.5. The van der Waals surface area contributed by atoms with Gasteiger partial charge in [0, 0.05) is 12.1 Å². The number of pyridine rings is 1. The monoisotopic (exact) mass is 370 g/mol. The van der Waals surface area contributed by atoms with Gasteiger partial charge in [-0.2, -0.15) is 0 Å². The lowest BCUT2D eigenvalue weighted by molar-refractivity contribution is -0.125. The summed E-state index contributed by atoms with van der Waals surface area (Å²) in [6.07, 6.45) is 1.61. The first-order valence-corrected chi connectivity index (χ1v) is 9.79. The molecule has 1 aromatic carbocycles. The van der Waals surface area contributed by atoms with Crippen LogP contribution in [0, 0.1) is 12.8 Å². The average Bonchev–Trinajstić information content (AvgIpc) is 2.65. The van der Waals surface area contributed by atoms with Gasteiger partial charge in [0.15, 0.2) is 0 Å². The molecule has 0 spiro atoms. The highest BCUT2D eigenvalue weighted by atomic mass is 19.1. The highest BCUT2D eigenvalue weighted by molar-refractivity contribution is 5.79. The van der Waals surface area contributed by atoms with Gasteiger partial charge in [-0.3, -0.25) is 9.78 Å². The molecule has 0 fully saturated rings. The summed E-state index contributed by atoms with van der Waals surface area (Å²) in [5.41, 5.74) is 4.13. The predicted octanol–water partition coefficient (Wildman–Crippen LogP) is 5.49. The molecule has 4 heteroatoms. The molecule has 0 saturated carbocycles. The fraction of sp³-hybridized carbons (Fsp3) is 0.478. The quantitative estimate of drug-likeness (QED) is 0.667. The molecule has 0 bridgehead atoms. The number of benzene rings is 1. The number of nitrogens with zero attached hydrogens (tertiary/aromatic N) is 1. The number of alkyl halides is 1. The molecule has 1 aromatic heterocycles. The largest absolute Gasteiger partial charge is 0.343 e. The highest BCUT2D eigenvalue weighted by Gasteiger charge is 2.24. The van der Waals surface area contributed by atoms with Crippen LogP contribution in [0.15, 0.2) is 42.6 Å². The summed E-state index contributed by atoms with van der Waals surface area (Å²) < 4.78 is 13.7. The van der Waals surface area contributed by atoms with Crippen molar-refractivity contribution < 1.29 is 9.18 Å². The van der Waals surface area contributed by atoms with E-state index in [1.54, 1.807) is 13.8 Å². The summed E-state index contributed by atoms with van der Waals surface area (Å²) in [7, 11) is 0. The van der Waals surface area contributed by atoms with E-state index in [0.29, 0.717) is 12.3 Å². The van der Waals surface area contributed by atoms with Crippen molar-refractivity contribution in [2.45, 2.75) is 65.6 Å². The summed E-state index contributed by atoms with van der Waals surface area (Å²) >= 11 is 0. The van der Waals surface area contributed by atoms with Gasteiger partial charge in [-0.25, -0.2) is 4.39 Å². The second-order valence-corrected chi connectivity index (χ2v) is 7.62. The number of carbonyl (C=O) groups is 1. The van der Waals surface area contributed by atoms with Crippen LogP contribution in [-0.4, -0.2) is 17.1 Å². The molecule has 0 aliphatic heterocycles. The maximum atomic E-state index is 13.7. The number of nitrogens with one attached hydrogen (secondary N) is 1. The lowest BCUT2D eigenvalue weighted by atomic mass is 9.95. The van der Waals surface area contributed by atoms with Crippen molar-refractivity contribution in [1.29, 1.82) is 0 Å². The maximum Gasteiger partial charge on any atom is 0.223 e. The predicted molar refractivity (Wildman–Crippen MR) is 108 cm³/mol. The van der Waals surface area contributed by atoms with Gasteiger partial charge in [0.25, 0.3) is 0 Å². The van der Waals surface area contributed by atoms with Gasteiger partial charge < -0.3 is 5.32 Å². The Morgan fingerprint density at radius 2 is 1.85 bits per heavy atom. The number of hydrogen-bond donors (Lipinski definition) is 1. The Morgan fingerprint density at radius 1 is 1.19 bits per heavy atom. The van der Waals surface area contributed by atoms with Crippen LogP contribution in [0.3, 0.4) is 0 Å². The molecule has 1 heterocycles. The van der Waals surface area contributed by atoms with Crippen LogP contribution in [-0.2, 0) is 4.79 Å². The third-order valence-corrected chi connectivity index (χ3v) is 5.01. The van der Waals surface area contributed by atoms with Crippen molar-refractivity contribution in [3.63, 3.8) is 0 Å². The third-order valence-electron chi connectivity index (χ3n) is 5.01. The molecule has 0 unspecified atom stereocenters. The van der Waals surface area contributed by atoms with Crippen LogP contribution >= 0.6 is 0 Å². The van der Waals surface area contributed by atoms with Crippen LogP contribution in [0.5, 0.6) is 0 Å². The number of aryl methyl sites for hydroxylation is 1. The van der Waals surface area contributed by atoms with Gasteiger partial charge in [-0.05, 0) is 48.4 Å². The number of aromatic nitrogens is 1. The molecule has 3 nitrogen and oxygen atoms in total. The van der Waals surface area contributed by atoms with Crippen molar-refractivity contribution in [2.75, 3.05) is 0 Å². The van der Waals surface area contributed by atoms with Gasteiger partial charge in [0.05, 0.1) is 11.7 Å². The first kappa shape index (κ1) is 21.1. The minimum atomic E-state index is -0.952. The van der Waals surface area contributed by atoms with E-state index in [1.807, 2.05) is 42.6 Å². The van der Waals surface area contributed by atoms with Crippen LogP contribution in [0.2, 0.25) is 0 Å². The molecule has 1 N–H and O–H groups in total. The average molecular weight is 371 g/mol. The van der Waals surface area contributed by atoms with Crippen molar-refractivity contribution >= 4 is 5.91 Å². The molecule has 3 atom stereocenters. The molecule has 27 heavy (non-hydrogen) atoms. The smallest absolute Gasteiger partial charge is 0.223 e. The van der Waals surface area contributed by atoms with Gasteiger partial charge in [0.2, 0.25) is 5.91 Å². The van der Waals surface area contributed by atoms with E-state index in [-0.39, 0.29) is 24.3 Å². The van der Waals surface area contributed by atoms with Gasteiger partial charge in [-0.15, -0.1) is 0 Å². The van der Waals surface area contributed by atoms with Crippen molar-refractivity contribution in [2.24, 2.45) is 5.92 Å². The minimum absolute atomic E-state index is 0.146. The zero-order chi connectivity index (χ0) is 20.0. The molecule has 1 amide bonds. The summed E-state index contributed by atoms with van der Waals surface area (Å²) in [5, 5.41) is 3.09. The fourth-order valence-corrected chi connectivity index (χ4v) is 3.27. The van der Waals surface area contributed by atoms with Crippen LogP contribution in [0.1, 0.15) is 74.9 Å². The molecule has 0 aliphatic rings. The lowest BCUT2D eigenvalue weighted by Gasteiger charge is -2.23. The normalized spacial score (nSPS) is 14.6. The Morgan fingerprint density at radius 3 is 2.41 bits per heavy atom. The maximum absolute atomic E-state index is 13.7. The highest BCUT2D eigenvalue weighted by Crippen LogP contribution is 2.25. The van der Waals surface area contributed by atoms with Crippen molar-refractivity contribution in [3.8, 4) is 0 Å². The second kappa shape index (κ2) is 9.63. The summed E-state index contributed by atoms with van der Waals surface area (Å²) in [5.74, 6) is -0.138. The van der Waals surface area contributed by atoms with Crippen molar-refractivity contribution in [3.05, 3.63) is 65.0 Å². The van der Waals surface area contributed by atoms with Crippen molar-refractivity contribution in [1.82, 2.24) is 10.3 Å². The van der Waals surface area contributed by atoms with E-state index in [4.69, 9.17) is 0 Å². The van der Waals surface area contributed by atoms with E-state index in [9.17, 15) is 9.18 Å². The second-order valence-electron chi connectivity index (χ2n) is 7.62. The Hall–Kier alpha value is -2.23. The fourth-order valence-electron chi connectivity index (χ4n) is 3.27. The summed E-state index contributed by atoms with van der Waals surface area (Å²) in [6.45, 7) is 9.93. The number of rotatable bonds is 8. The van der Waals surface area contributed by atoms with Gasteiger partial charge >= 0.3 is 0 Å². The van der Waals surface area contributed by atoms with E-state index in [0.717, 1.165) is 16.8 Å². The Labute approximate surface area is 162 Å². The topological polar surface area (TPSA) is 42.0 Å². The molecule has 0 radical (unpaired) electrons. The number of amides is 1. The van der Waals surface area contributed by atoms with E-state index >= 15 is 0 Å². The standard InChI is InChI=1S/C23H31FN2O/c1-6-19(24)12-17(5)23(27)26-22(18-10-8-7-9-11-18)21-13-16(4)20(14-25-21)15(2)3/h7-11,13-15,17,19,22H,6,12H2,1-5H3,(H,26,27)/t17-,19-,22-/m0/s1.